The first kappa shape index (κ1) is 14.2. The van der Waals surface area contributed by atoms with Crippen LogP contribution in [-0.4, -0.2) is 48.8 Å². The summed E-state index contributed by atoms with van der Waals surface area (Å²) in [6, 6.07) is 3.83. The highest BCUT2D eigenvalue weighted by atomic mass is 35.5. The molecular weight excluding hydrogens is 268 g/mol. The van der Waals surface area contributed by atoms with Crippen molar-refractivity contribution < 1.29 is 14.3 Å². The number of ether oxygens (including phenoxy) is 2. The Balaban J connectivity index is 1.91. The van der Waals surface area contributed by atoms with Gasteiger partial charge in [-0.15, -0.1) is 0 Å². The quantitative estimate of drug-likeness (QED) is 0.619. The van der Waals surface area contributed by atoms with E-state index in [9.17, 15) is 4.79 Å². The smallest absolute Gasteiger partial charge is 0.308 e. The van der Waals surface area contributed by atoms with Crippen molar-refractivity contribution >= 4 is 17.6 Å². The second kappa shape index (κ2) is 6.84. The molecule has 0 saturated carbocycles. The zero-order valence-electron chi connectivity index (χ0n) is 10.8. The van der Waals surface area contributed by atoms with E-state index in [1.807, 2.05) is 12.1 Å². The number of nitrogens with zero attached hydrogens (tertiary/aromatic N) is 2. The lowest BCUT2D eigenvalue weighted by Crippen LogP contribution is -2.42. The van der Waals surface area contributed by atoms with Gasteiger partial charge in [-0.1, -0.05) is 17.7 Å². The highest BCUT2D eigenvalue weighted by Crippen LogP contribution is 2.17. The minimum Gasteiger partial charge on any atom is -0.469 e. The fourth-order valence-corrected chi connectivity index (χ4v) is 2.27. The van der Waals surface area contributed by atoms with Crippen molar-refractivity contribution in [2.45, 2.75) is 19.1 Å². The van der Waals surface area contributed by atoms with E-state index in [0.29, 0.717) is 24.8 Å². The summed E-state index contributed by atoms with van der Waals surface area (Å²) in [7, 11) is 1.39. The van der Waals surface area contributed by atoms with Crippen LogP contribution < -0.4 is 0 Å². The Kier molecular flexibility index (Phi) is 5.13. The van der Waals surface area contributed by atoms with Gasteiger partial charge >= 0.3 is 5.97 Å². The van der Waals surface area contributed by atoms with E-state index in [1.54, 1.807) is 6.20 Å². The second-order valence-electron chi connectivity index (χ2n) is 4.46. The fraction of sp³-hybridized carbons (Fsp3) is 0.538. The molecule has 1 fully saturated rings. The number of esters is 1. The molecule has 6 heteroatoms. The number of hydrogen-bond donors (Lipinski definition) is 0. The lowest BCUT2D eigenvalue weighted by molar-refractivity contribution is -0.145. The minimum absolute atomic E-state index is 0.114. The van der Waals surface area contributed by atoms with E-state index >= 15 is 0 Å². The summed E-state index contributed by atoms with van der Waals surface area (Å²) >= 11 is 6.04. The van der Waals surface area contributed by atoms with Gasteiger partial charge in [0.2, 0.25) is 0 Å². The van der Waals surface area contributed by atoms with Crippen LogP contribution in [0.5, 0.6) is 0 Å². The number of carbonyl (C=O) groups is 1. The van der Waals surface area contributed by atoms with Gasteiger partial charge in [0.1, 0.15) is 5.15 Å². The first-order chi connectivity index (χ1) is 9.19. The fourth-order valence-electron chi connectivity index (χ4n) is 2.09. The van der Waals surface area contributed by atoms with Gasteiger partial charge in [-0.3, -0.25) is 9.69 Å². The predicted molar refractivity (Wildman–Crippen MR) is 70.9 cm³/mol. The first-order valence-corrected chi connectivity index (χ1v) is 6.57. The molecule has 19 heavy (non-hydrogen) atoms. The summed E-state index contributed by atoms with van der Waals surface area (Å²) in [5.41, 5.74) is 0.989. The lowest BCUT2D eigenvalue weighted by atomic mass is 10.2. The Morgan fingerprint density at radius 3 is 3.26 bits per heavy atom. The van der Waals surface area contributed by atoms with E-state index in [2.05, 4.69) is 14.6 Å². The van der Waals surface area contributed by atoms with Gasteiger partial charge in [0.05, 0.1) is 26.2 Å². The standard InChI is InChI=1S/C13H17ClN2O3/c1-18-12(17)7-11-9-16(5-6-19-11)8-10-3-2-4-15-13(10)14/h2-4,11H,5-9H2,1H3. The van der Waals surface area contributed by atoms with Crippen molar-refractivity contribution in [1.29, 1.82) is 0 Å². The number of pyridine rings is 1. The van der Waals surface area contributed by atoms with E-state index in [0.717, 1.165) is 12.1 Å². The van der Waals surface area contributed by atoms with E-state index in [1.165, 1.54) is 7.11 Å². The molecule has 104 valence electrons. The van der Waals surface area contributed by atoms with Crippen LogP contribution in [0.2, 0.25) is 5.15 Å². The number of aromatic nitrogens is 1. The van der Waals surface area contributed by atoms with Crippen LogP contribution in [0.3, 0.4) is 0 Å². The van der Waals surface area contributed by atoms with Crippen LogP contribution in [0, 0.1) is 0 Å². The molecule has 5 nitrogen and oxygen atoms in total. The third kappa shape index (κ3) is 4.16. The Morgan fingerprint density at radius 1 is 1.68 bits per heavy atom. The lowest BCUT2D eigenvalue weighted by Gasteiger charge is -2.32. The highest BCUT2D eigenvalue weighted by Gasteiger charge is 2.23. The minimum atomic E-state index is -0.244. The van der Waals surface area contributed by atoms with Crippen molar-refractivity contribution in [1.82, 2.24) is 9.88 Å². The zero-order chi connectivity index (χ0) is 13.7. The summed E-state index contributed by atoms with van der Waals surface area (Å²) in [6.07, 6.45) is 1.84. The number of halogens is 1. The molecule has 0 N–H and O–H groups in total. The first-order valence-electron chi connectivity index (χ1n) is 6.19. The van der Waals surface area contributed by atoms with Crippen molar-refractivity contribution in [3.05, 3.63) is 29.0 Å². The van der Waals surface area contributed by atoms with Gasteiger partial charge in [-0.05, 0) is 6.07 Å². The molecule has 0 amide bonds. The highest BCUT2D eigenvalue weighted by molar-refractivity contribution is 6.30. The van der Waals surface area contributed by atoms with E-state index < -0.39 is 0 Å². The molecule has 1 atom stereocenters. The van der Waals surface area contributed by atoms with Crippen LogP contribution in [0.15, 0.2) is 18.3 Å². The van der Waals surface area contributed by atoms with Crippen molar-refractivity contribution in [2.75, 3.05) is 26.8 Å². The van der Waals surface area contributed by atoms with Gasteiger partial charge in [0.25, 0.3) is 0 Å². The monoisotopic (exact) mass is 284 g/mol. The number of methoxy groups -OCH3 is 1. The van der Waals surface area contributed by atoms with Gasteiger partial charge in [0.15, 0.2) is 0 Å². The normalized spacial score (nSPS) is 20.2. The molecule has 1 aliphatic rings. The largest absolute Gasteiger partial charge is 0.469 e. The van der Waals surface area contributed by atoms with E-state index in [-0.39, 0.29) is 18.5 Å². The SMILES string of the molecule is COC(=O)CC1CN(Cc2cccnc2Cl)CCO1. The van der Waals surface area contributed by atoms with Crippen LogP contribution in [-0.2, 0) is 20.8 Å². The molecule has 1 aromatic heterocycles. The van der Waals surface area contributed by atoms with Crippen LogP contribution in [0.25, 0.3) is 0 Å². The maximum atomic E-state index is 11.2. The van der Waals surface area contributed by atoms with Crippen LogP contribution in [0.1, 0.15) is 12.0 Å². The molecule has 1 unspecified atom stereocenters. The maximum absolute atomic E-state index is 11.2. The van der Waals surface area contributed by atoms with Crippen molar-refractivity contribution in [3.63, 3.8) is 0 Å². The van der Waals surface area contributed by atoms with Crippen molar-refractivity contribution in [2.24, 2.45) is 0 Å². The maximum Gasteiger partial charge on any atom is 0.308 e. The second-order valence-corrected chi connectivity index (χ2v) is 4.82. The molecule has 0 radical (unpaired) electrons. The van der Waals surface area contributed by atoms with E-state index in [4.69, 9.17) is 16.3 Å². The zero-order valence-corrected chi connectivity index (χ0v) is 11.6. The molecule has 2 heterocycles. The molecule has 1 aliphatic heterocycles. The molecular formula is C13H17ClN2O3. The van der Waals surface area contributed by atoms with Gasteiger partial charge in [-0.2, -0.15) is 0 Å². The number of carbonyl (C=O) groups excluding carboxylic acids is 1. The third-order valence-electron chi connectivity index (χ3n) is 3.08. The predicted octanol–water partition coefficient (Wildman–Crippen LogP) is 1.50. The molecule has 2 rings (SSSR count). The van der Waals surface area contributed by atoms with Crippen molar-refractivity contribution in [3.8, 4) is 0 Å². The number of morpholine rings is 1. The van der Waals surface area contributed by atoms with Gasteiger partial charge < -0.3 is 9.47 Å². The van der Waals surface area contributed by atoms with Gasteiger partial charge in [0, 0.05) is 31.4 Å². The molecule has 0 aromatic carbocycles. The molecule has 0 aliphatic carbocycles. The summed E-state index contributed by atoms with van der Waals surface area (Å²) in [6.45, 7) is 2.84. The number of hydrogen-bond acceptors (Lipinski definition) is 5. The average molecular weight is 285 g/mol. The summed E-state index contributed by atoms with van der Waals surface area (Å²) < 4.78 is 10.2. The third-order valence-corrected chi connectivity index (χ3v) is 3.42. The molecule has 0 spiro atoms. The van der Waals surface area contributed by atoms with Gasteiger partial charge in [-0.25, -0.2) is 4.98 Å². The number of rotatable bonds is 4. The summed E-state index contributed by atoms with van der Waals surface area (Å²) in [5, 5.41) is 0.526. The Hall–Kier alpha value is -1.17. The Bertz CT molecular complexity index is 442. The summed E-state index contributed by atoms with van der Waals surface area (Å²) in [5.74, 6) is -0.244. The van der Waals surface area contributed by atoms with Crippen LogP contribution in [0.4, 0.5) is 0 Å². The Morgan fingerprint density at radius 2 is 2.53 bits per heavy atom. The Labute approximate surface area is 117 Å². The molecule has 1 saturated heterocycles. The average Bonchev–Trinajstić information content (AvgIpc) is 2.42. The topological polar surface area (TPSA) is 51.7 Å². The molecule has 1 aromatic rings. The summed E-state index contributed by atoms with van der Waals surface area (Å²) in [4.78, 5) is 17.5. The van der Waals surface area contributed by atoms with Crippen LogP contribution >= 0.6 is 11.6 Å². The molecule has 0 bridgehead atoms.